The van der Waals surface area contributed by atoms with Crippen LogP contribution in [0.5, 0.6) is 5.75 Å². The molecular weight excluding hydrogens is 208 g/mol. The molecule has 0 saturated carbocycles. The first-order valence-electron chi connectivity index (χ1n) is 5.13. The van der Waals surface area contributed by atoms with Crippen molar-refractivity contribution in [3.8, 4) is 5.75 Å². The number of phenols is 1. The van der Waals surface area contributed by atoms with Gasteiger partial charge in [0.25, 0.3) is 0 Å². The first-order valence-corrected chi connectivity index (χ1v) is 5.51. The van der Waals surface area contributed by atoms with Crippen LogP contribution in [0, 0.1) is 5.92 Å². The van der Waals surface area contributed by atoms with Gasteiger partial charge in [0.05, 0.1) is 0 Å². The van der Waals surface area contributed by atoms with Gasteiger partial charge in [-0.05, 0) is 43.4 Å². The van der Waals surface area contributed by atoms with Gasteiger partial charge in [-0.3, -0.25) is 0 Å². The Morgan fingerprint density at radius 2 is 2.20 bits per heavy atom. The van der Waals surface area contributed by atoms with Crippen molar-refractivity contribution in [3.05, 3.63) is 40.9 Å². The molecule has 0 spiro atoms. The average molecular weight is 225 g/mol. The molecule has 0 amide bonds. The lowest BCUT2D eigenvalue weighted by Gasteiger charge is -2.11. The second kappa shape index (κ2) is 5.22. The van der Waals surface area contributed by atoms with Gasteiger partial charge in [-0.2, -0.15) is 0 Å². The molecule has 0 aliphatic carbocycles. The Bertz CT molecular complexity index is 358. The monoisotopic (exact) mass is 224 g/mol. The summed E-state index contributed by atoms with van der Waals surface area (Å²) < 4.78 is 0. The van der Waals surface area contributed by atoms with Crippen molar-refractivity contribution in [1.29, 1.82) is 0 Å². The summed E-state index contributed by atoms with van der Waals surface area (Å²) in [5.74, 6) is 0.775. The van der Waals surface area contributed by atoms with Crippen molar-refractivity contribution in [2.75, 3.05) is 0 Å². The molecule has 0 aliphatic heterocycles. The molecule has 0 saturated heterocycles. The first kappa shape index (κ1) is 12.1. The van der Waals surface area contributed by atoms with Gasteiger partial charge in [0.15, 0.2) is 0 Å². The maximum atomic E-state index is 9.64. The van der Waals surface area contributed by atoms with Gasteiger partial charge in [0.1, 0.15) is 5.75 Å². The van der Waals surface area contributed by atoms with Gasteiger partial charge in [-0.1, -0.05) is 36.7 Å². The number of rotatable bonds is 4. The SMILES string of the molecule is C=C(C)C(C)CCc1ccc(Cl)cc1O. The highest BCUT2D eigenvalue weighted by Crippen LogP contribution is 2.25. The fraction of sp³-hybridized carbons (Fsp3) is 0.385. The predicted molar refractivity (Wildman–Crippen MR) is 65.4 cm³/mol. The fourth-order valence-electron chi connectivity index (χ4n) is 1.37. The van der Waals surface area contributed by atoms with Crippen LogP contribution >= 0.6 is 11.6 Å². The van der Waals surface area contributed by atoms with E-state index in [1.54, 1.807) is 6.07 Å². The smallest absolute Gasteiger partial charge is 0.120 e. The van der Waals surface area contributed by atoms with Crippen molar-refractivity contribution in [1.82, 2.24) is 0 Å². The van der Waals surface area contributed by atoms with Gasteiger partial charge in [0.2, 0.25) is 0 Å². The molecule has 1 aromatic carbocycles. The highest BCUT2D eigenvalue weighted by molar-refractivity contribution is 6.30. The van der Waals surface area contributed by atoms with Gasteiger partial charge >= 0.3 is 0 Å². The summed E-state index contributed by atoms with van der Waals surface area (Å²) in [6, 6.07) is 5.27. The summed E-state index contributed by atoms with van der Waals surface area (Å²) in [5.41, 5.74) is 2.14. The fourth-order valence-corrected chi connectivity index (χ4v) is 1.53. The minimum Gasteiger partial charge on any atom is -0.508 e. The van der Waals surface area contributed by atoms with Crippen molar-refractivity contribution in [3.63, 3.8) is 0 Å². The van der Waals surface area contributed by atoms with E-state index in [-0.39, 0.29) is 5.75 Å². The van der Waals surface area contributed by atoms with Gasteiger partial charge in [0, 0.05) is 5.02 Å². The zero-order chi connectivity index (χ0) is 11.4. The quantitative estimate of drug-likeness (QED) is 0.761. The van der Waals surface area contributed by atoms with Crippen LogP contribution < -0.4 is 0 Å². The Morgan fingerprint density at radius 3 is 2.73 bits per heavy atom. The molecule has 0 radical (unpaired) electrons. The van der Waals surface area contributed by atoms with Gasteiger partial charge < -0.3 is 5.11 Å². The Kier molecular flexibility index (Phi) is 4.22. The molecule has 1 nitrogen and oxygen atoms in total. The molecule has 0 aliphatic rings. The molecule has 1 aromatic rings. The molecule has 0 heterocycles. The first-order chi connectivity index (χ1) is 7.00. The van der Waals surface area contributed by atoms with Crippen LogP contribution in [0.15, 0.2) is 30.4 Å². The number of hydrogen-bond acceptors (Lipinski definition) is 1. The molecule has 0 bridgehead atoms. The standard InChI is InChI=1S/C13H17ClO/c1-9(2)10(3)4-5-11-6-7-12(14)8-13(11)15/h6-8,10,15H,1,4-5H2,2-3H3. The Labute approximate surface area is 96.4 Å². The summed E-state index contributed by atoms with van der Waals surface area (Å²) in [6.45, 7) is 8.10. The van der Waals surface area contributed by atoms with Crippen LogP contribution in [0.4, 0.5) is 0 Å². The topological polar surface area (TPSA) is 20.2 Å². The second-order valence-electron chi connectivity index (χ2n) is 4.06. The molecule has 0 aromatic heterocycles. The number of halogens is 1. The molecule has 1 unspecified atom stereocenters. The summed E-state index contributed by atoms with van der Waals surface area (Å²) in [7, 11) is 0. The van der Waals surface area contributed by atoms with E-state index in [1.807, 2.05) is 19.1 Å². The highest BCUT2D eigenvalue weighted by Gasteiger charge is 2.06. The highest BCUT2D eigenvalue weighted by atomic mass is 35.5. The van der Waals surface area contributed by atoms with Crippen molar-refractivity contribution in [2.24, 2.45) is 5.92 Å². The number of allylic oxidation sites excluding steroid dienone is 1. The molecule has 0 fully saturated rings. The number of phenolic OH excluding ortho intramolecular Hbond substituents is 1. The van der Waals surface area contributed by atoms with E-state index in [9.17, 15) is 5.11 Å². The average Bonchev–Trinajstić information content (AvgIpc) is 2.15. The Balaban J connectivity index is 2.62. The lowest BCUT2D eigenvalue weighted by atomic mass is 9.95. The van der Waals surface area contributed by atoms with Crippen LogP contribution in [0.2, 0.25) is 5.02 Å². The van der Waals surface area contributed by atoms with E-state index in [0.717, 1.165) is 18.4 Å². The largest absolute Gasteiger partial charge is 0.508 e. The Morgan fingerprint density at radius 1 is 1.53 bits per heavy atom. The van der Waals surface area contributed by atoms with E-state index < -0.39 is 0 Å². The number of hydrogen-bond donors (Lipinski definition) is 1. The zero-order valence-corrected chi connectivity index (χ0v) is 10.0. The van der Waals surface area contributed by atoms with Crippen molar-refractivity contribution < 1.29 is 5.11 Å². The van der Waals surface area contributed by atoms with E-state index in [2.05, 4.69) is 13.5 Å². The number of aryl methyl sites for hydroxylation is 1. The van der Waals surface area contributed by atoms with E-state index in [0.29, 0.717) is 10.9 Å². The maximum absolute atomic E-state index is 9.64. The number of aromatic hydroxyl groups is 1. The third kappa shape index (κ3) is 3.60. The second-order valence-corrected chi connectivity index (χ2v) is 4.50. The Hall–Kier alpha value is -0.950. The van der Waals surface area contributed by atoms with Crippen LogP contribution in [0.3, 0.4) is 0 Å². The zero-order valence-electron chi connectivity index (χ0n) is 9.26. The minimum atomic E-state index is 0.288. The number of benzene rings is 1. The molecule has 82 valence electrons. The van der Waals surface area contributed by atoms with Crippen molar-refractivity contribution >= 4 is 11.6 Å². The van der Waals surface area contributed by atoms with E-state index in [4.69, 9.17) is 11.6 Å². The molecular formula is C13H17ClO. The summed E-state index contributed by atoms with van der Waals surface area (Å²) in [5, 5.41) is 10.2. The van der Waals surface area contributed by atoms with Crippen molar-refractivity contribution in [2.45, 2.75) is 26.7 Å². The molecule has 2 heteroatoms. The molecule has 1 rings (SSSR count). The normalized spacial score (nSPS) is 12.5. The van der Waals surface area contributed by atoms with Crippen LogP contribution in [0.25, 0.3) is 0 Å². The molecule has 1 N–H and O–H groups in total. The van der Waals surface area contributed by atoms with E-state index in [1.165, 1.54) is 5.57 Å². The van der Waals surface area contributed by atoms with Crippen LogP contribution in [-0.2, 0) is 6.42 Å². The molecule has 15 heavy (non-hydrogen) atoms. The lowest BCUT2D eigenvalue weighted by Crippen LogP contribution is -1.98. The van der Waals surface area contributed by atoms with Crippen LogP contribution in [0.1, 0.15) is 25.8 Å². The van der Waals surface area contributed by atoms with Crippen LogP contribution in [-0.4, -0.2) is 5.11 Å². The van der Waals surface area contributed by atoms with Gasteiger partial charge in [-0.15, -0.1) is 0 Å². The summed E-state index contributed by atoms with van der Waals surface area (Å²) >= 11 is 5.76. The lowest BCUT2D eigenvalue weighted by molar-refractivity contribution is 0.464. The summed E-state index contributed by atoms with van der Waals surface area (Å²) in [6.07, 6.45) is 1.86. The van der Waals surface area contributed by atoms with E-state index >= 15 is 0 Å². The predicted octanol–water partition coefficient (Wildman–Crippen LogP) is 4.19. The van der Waals surface area contributed by atoms with Gasteiger partial charge in [-0.25, -0.2) is 0 Å². The third-order valence-corrected chi connectivity index (χ3v) is 2.97. The minimum absolute atomic E-state index is 0.288. The molecule has 1 atom stereocenters. The maximum Gasteiger partial charge on any atom is 0.120 e. The third-order valence-electron chi connectivity index (χ3n) is 2.74. The summed E-state index contributed by atoms with van der Waals surface area (Å²) in [4.78, 5) is 0.